The van der Waals surface area contributed by atoms with Crippen LogP contribution in [-0.2, 0) is 11.9 Å². The maximum absolute atomic E-state index is 15.0. The van der Waals surface area contributed by atoms with Gasteiger partial charge in [-0.25, -0.2) is 14.4 Å². The molecule has 0 fully saturated rings. The van der Waals surface area contributed by atoms with Gasteiger partial charge in [0.15, 0.2) is 0 Å². The van der Waals surface area contributed by atoms with Crippen molar-refractivity contribution >= 4 is 40.0 Å². The van der Waals surface area contributed by atoms with Gasteiger partial charge in [0, 0.05) is 24.6 Å². The molecule has 0 saturated heterocycles. The van der Waals surface area contributed by atoms with E-state index in [1.54, 1.807) is 4.40 Å². The van der Waals surface area contributed by atoms with Gasteiger partial charge in [0.05, 0.1) is 40.7 Å². The highest BCUT2D eigenvalue weighted by Crippen LogP contribution is 2.39. The number of aromatic nitrogens is 3. The minimum atomic E-state index is -4.45. The lowest BCUT2D eigenvalue weighted by Crippen LogP contribution is -2.35. The molecule has 0 bridgehead atoms. The monoisotopic (exact) mass is 475 g/mol. The van der Waals surface area contributed by atoms with Crippen molar-refractivity contribution in [2.75, 3.05) is 18.5 Å². The normalized spacial score (nSPS) is 16.2. The molecule has 2 N–H and O–H groups in total. The Morgan fingerprint density at radius 2 is 2.03 bits per heavy atom. The Labute approximate surface area is 189 Å². The molecule has 4 aromatic rings. The lowest BCUT2D eigenvalue weighted by molar-refractivity contribution is -0.137. The van der Waals surface area contributed by atoms with E-state index in [1.165, 1.54) is 48.4 Å². The second-order valence-electron chi connectivity index (χ2n) is 7.83. The number of carbonyl (C=O) groups excluding carboxylic acids is 1. The largest absolute Gasteiger partial charge is 0.416 e. The van der Waals surface area contributed by atoms with Gasteiger partial charge >= 0.3 is 6.18 Å². The van der Waals surface area contributed by atoms with Crippen molar-refractivity contribution in [1.29, 1.82) is 0 Å². The first-order valence-electron chi connectivity index (χ1n) is 9.91. The summed E-state index contributed by atoms with van der Waals surface area (Å²) in [7, 11) is 1.53. The summed E-state index contributed by atoms with van der Waals surface area (Å²) in [4.78, 5) is 22.9. The van der Waals surface area contributed by atoms with Crippen LogP contribution in [0.5, 0.6) is 0 Å². The van der Waals surface area contributed by atoms with E-state index in [0.717, 1.165) is 18.2 Å². The molecule has 11 heteroatoms. The number of thioether (sulfide) groups is 1. The summed E-state index contributed by atoms with van der Waals surface area (Å²) in [6.45, 7) is 0. The van der Waals surface area contributed by atoms with Gasteiger partial charge in [-0.1, -0.05) is 6.07 Å². The molecule has 0 aliphatic carbocycles. The molecule has 6 nitrogen and oxygen atoms in total. The number of benzene rings is 2. The van der Waals surface area contributed by atoms with Crippen LogP contribution in [0.4, 0.5) is 23.4 Å². The van der Waals surface area contributed by atoms with Crippen LogP contribution in [-0.4, -0.2) is 38.0 Å². The number of nitrogen functional groups attached to an aromatic ring is 1. The highest BCUT2D eigenvalue weighted by Gasteiger charge is 2.34. The second kappa shape index (κ2) is 7.62. The molecule has 2 aromatic heterocycles. The molecule has 1 atom stereocenters. The summed E-state index contributed by atoms with van der Waals surface area (Å²) in [6, 6.07) is 5.59. The Kier molecular flexibility index (Phi) is 4.96. The smallest absolute Gasteiger partial charge is 0.382 e. The summed E-state index contributed by atoms with van der Waals surface area (Å²) >= 11 is 1.43. The first-order chi connectivity index (χ1) is 15.6. The van der Waals surface area contributed by atoms with Crippen molar-refractivity contribution < 1.29 is 22.4 Å². The Hall–Kier alpha value is -3.34. The number of hydrogen-bond acceptors (Lipinski definition) is 5. The quantitative estimate of drug-likeness (QED) is 0.426. The number of nitrogens with zero attached hydrogens (tertiary/aromatic N) is 4. The Bertz CT molecular complexity index is 1420. The maximum atomic E-state index is 15.0. The molecule has 1 aliphatic rings. The van der Waals surface area contributed by atoms with E-state index in [9.17, 15) is 22.4 Å². The van der Waals surface area contributed by atoms with Crippen molar-refractivity contribution in [2.45, 2.75) is 18.0 Å². The number of anilines is 1. The third kappa shape index (κ3) is 3.56. The molecule has 5 rings (SSSR count). The molecular weight excluding hydrogens is 458 g/mol. The van der Waals surface area contributed by atoms with Gasteiger partial charge in [0.2, 0.25) is 0 Å². The number of halogens is 4. The fourth-order valence-corrected chi connectivity index (χ4v) is 5.33. The Morgan fingerprint density at radius 3 is 2.79 bits per heavy atom. The van der Waals surface area contributed by atoms with Crippen LogP contribution >= 0.6 is 11.8 Å². The van der Waals surface area contributed by atoms with Gasteiger partial charge in [-0.2, -0.15) is 24.9 Å². The van der Waals surface area contributed by atoms with Crippen LogP contribution in [0.25, 0.3) is 16.6 Å². The van der Waals surface area contributed by atoms with Crippen molar-refractivity contribution in [3.8, 4) is 0 Å². The number of hydrogen-bond donors (Lipinski definition) is 1. The van der Waals surface area contributed by atoms with Gasteiger partial charge in [-0.3, -0.25) is 9.20 Å². The maximum Gasteiger partial charge on any atom is 0.416 e. The topological polar surface area (TPSA) is 76.5 Å². The summed E-state index contributed by atoms with van der Waals surface area (Å²) in [5.74, 6) is -0.266. The first-order valence-corrected chi connectivity index (χ1v) is 11.1. The molecular formula is C22H17F4N5OS. The molecule has 0 spiro atoms. The average molecular weight is 475 g/mol. The number of amides is 1. The van der Waals surface area contributed by atoms with E-state index in [4.69, 9.17) is 5.73 Å². The summed E-state index contributed by atoms with van der Waals surface area (Å²) in [5.41, 5.74) is 7.41. The zero-order chi connectivity index (χ0) is 23.5. The van der Waals surface area contributed by atoms with E-state index < -0.39 is 29.5 Å². The minimum absolute atomic E-state index is 0.171. The molecule has 33 heavy (non-hydrogen) atoms. The first kappa shape index (κ1) is 21.5. The number of carbonyl (C=O) groups is 1. The highest BCUT2D eigenvalue weighted by atomic mass is 32.2. The number of fused-ring (bicyclic) bond motifs is 4. The van der Waals surface area contributed by atoms with Gasteiger partial charge in [-0.05, 0) is 29.3 Å². The third-order valence-electron chi connectivity index (χ3n) is 5.85. The standard InChI is InChI=1S/C22H17F4N5OS/c1-30(19-9-33-8-11-4-12(22(24,25)26)2-3-13(11)19)21(32)14-5-17-16(6-15(14)23)29-20(27)18-7-28-10-31(17)18/h2-7,10,19H,8-9H2,1H3,(H2,27,29)/t19-/m1/s1. The van der Waals surface area contributed by atoms with E-state index in [-0.39, 0.29) is 16.9 Å². The van der Waals surface area contributed by atoms with E-state index in [1.807, 2.05) is 0 Å². The van der Waals surface area contributed by atoms with Gasteiger partial charge in [-0.15, -0.1) is 0 Å². The van der Waals surface area contributed by atoms with Crippen LogP contribution in [0.1, 0.15) is 33.1 Å². The molecule has 3 heterocycles. The average Bonchev–Trinajstić information content (AvgIpc) is 3.27. The van der Waals surface area contributed by atoms with Crippen molar-refractivity contribution in [3.05, 3.63) is 70.9 Å². The second-order valence-corrected chi connectivity index (χ2v) is 8.86. The summed E-state index contributed by atoms with van der Waals surface area (Å²) in [6.07, 6.45) is -1.43. The third-order valence-corrected chi connectivity index (χ3v) is 6.91. The zero-order valence-electron chi connectivity index (χ0n) is 17.2. The van der Waals surface area contributed by atoms with Crippen molar-refractivity contribution in [2.24, 2.45) is 0 Å². The SMILES string of the molecule is CN(C(=O)c1cc2c(cc1F)nc(N)c1cncn12)[C@@H]1CSCc2cc(C(F)(F)F)ccc21. The molecule has 0 saturated carbocycles. The van der Waals surface area contributed by atoms with Crippen molar-refractivity contribution in [1.82, 2.24) is 19.3 Å². The minimum Gasteiger partial charge on any atom is -0.382 e. The lowest BCUT2D eigenvalue weighted by Gasteiger charge is -2.33. The van der Waals surface area contributed by atoms with E-state index in [0.29, 0.717) is 33.7 Å². The Balaban J connectivity index is 1.54. The fourth-order valence-electron chi connectivity index (χ4n) is 4.12. The highest BCUT2D eigenvalue weighted by molar-refractivity contribution is 7.98. The van der Waals surface area contributed by atoms with E-state index in [2.05, 4.69) is 9.97 Å². The molecule has 0 radical (unpaired) electrons. The zero-order valence-corrected chi connectivity index (χ0v) is 18.0. The van der Waals surface area contributed by atoms with Crippen LogP contribution in [0, 0.1) is 5.82 Å². The van der Waals surface area contributed by atoms with Crippen LogP contribution in [0.15, 0.2) is 42.9 Å². The molecule has 0 unspecified atom stereocenters. The summed E-state index contributed by atoms with van der Waals surface area (Å²) in [5, 5.41) is 0. The molecule has 2 aromatic carbocycles. The Morgan fingerprint density at radius 1 is 1.24 bits per heavy atom. The van der Waals surface area contributed by atoms with E-state index >= 15 is 0 Å². The summed E-state index contributed by atoms with van der Waals surface area (Å²) < 4.78 is 55.9. The van der Waals surface area contributed by atoms with Crippen molar-refractivity contribution in [3.63, 3.8) is 0 Å². The molecule has 1 aliphatic heterocycles. The number of rotatable bonds is 2. The fraction of sp³-hybridized carbons (Fsp3) is 0.227. The predicted molar refractivity (Wildman–Crippen MR) is 117 cm³/mol. The number of alkyl halides is 3. The van der Waals surface area contributed by atoms with Crippen LogP contribution in [0.3, 0.4) is 0 Å². The predicted octanol–water partition coefficient (Wildman–Crippen LogP) is 4.68. The van der Waals surface area contributed by atoms with Gasteiger partial charge < -0.3 is 10.6 Å². The molecule has 1 amide bonds. The molecule has 170 valence electrons. The lowest BCUT2D eigenvalue weighted by atomic mass is 9.97. The van der Waals surface area contributed by atoms with Crippen LogP contribution < -0.4 is 5.73 Å². The number of imidazole rings is 1. The van der Waals surface area contributed by atoms with Crippen LogP contribution in [0.2, 0.25) is 0 Å². The van der Waals surface area contributed by atoms with Gasteiger partial charge in [0.25, 0.3) is 5.91 Å². The van der Waals surface area contributed by atoms with Gasteiger partial charge in [0.1, 0.15) is 17.2 Å². The number of nitrogens with two attached hydrogens (primary N) is 1.